The van der Waals surface area contributed by atoms with E-state index in [0.29, 0.717) is 19.1 Å². The van der Waals surface area contributed by atoms with E-state index in [0.717, 1.165) is 42.9 Å². The smallest absolute Gasteiger partial charge is 0.125 e. The van der Waals surface area contributed by atoms with Crippen molar-refractivity contribution in [3.05, 3.63) is 23.3 Å². The van der Waals surface area contributed by atoms with Crippen LogP contribution in [0.5, 0.6) is 11.5 Å². The Morgan fingerprint density at radius 1 is 1.38 bits per heavy atom. The van der Waals surface area contributed by atoms with E-state index in [1.807, 2.05) is 6.92 Å². The minimum Gasteiger partial charge on any atom is -0.493 e. The number of benzene rings is 1. The summed E-state index contributed by atoms with van der Waals surface area (Å²) in [6, 6.07) is 4.24. The molecule has 2 aliphatic rings. The van der Waals surface area contributed by atoms with Gasteiger partial charge in [0, 0.05) is 30.1 Å². The van der Waals surface area contributed by atoms with Gasteiger partial charge in [0.25, 0.3) is 0 Å². The zero-order valence-corrected chi connectivity index (χ0v) is 12.9. The van der Waals surface area contributed by atoms with Crippen LogP contribution in [0.2, 0.25) is 0 Å². The molecular formula is C17H25NO3. The second-order valence-electron chi connectivity index (χ2n) is 5.99. The van der Waals surface area contributed by atoms with Gasteiger partial charge >= 0.3 is 0 Å². The number of ether oxygens (including phenoxy) is 3. The van der Waals surface area contributed by atoms with Crippen LogP contribution in [0.15, 0.2) is 12.1 Å². The molecule has 0 spiro atoms. The zero-order valence-electron chi connectivity index (χ0n) is 12.9. The van der Waals surface area contributed by atoms with E-state index in [2.05, 4.69) is 19.1 Å². The van der Waals surface area contributed by atoms with Crippen LogP contribution in [0, 0.1) is 5.92 Å². The van der Waals surface area contributed by atoms with Crippen LogP contribution in [0.1, 0.15) is 43.9 Å². The van der Waals surface area contributed by atoms with Gasteiger partial charge < -0.3 is 19.9 Å². The standard InChI is InChI=1S/C17H25NO3/c1-3-19-16-8-13-7-11(2)21-15(13)9-14(16)17-12(10-18)5-4-6-20-17/h8-9,11-12,17H,3-7,10,18H2,1-2H3. The highest BCUT2D eigenvalue weighted by molar-refractivity contribution is 5.50. The second-order valence-corrected chi connectivity index (χ2v) is 5.99. The minimum atomic E-state index is 0.0232. The molecule has 0 aliphatic carbocycles. The molecule has 3 unspecified atom stereocenters. The number of rotatable bonds is 4. The molecule has 0 aromatic heterocycles. The molecule has 2 aliphatic heterocycles. The first-order chi connectivity index (χ1) is 10.2. The zero-order chi connectivity index (χ0) is 14.8. The summed E-state index contributed by atoms with van der Waals surface area (Å²) in [5, 5.41) is 0. The van der Waals surface area contributed by atoms with Crippen LogP contribution in [0.4, 0.5) is 0 Å². The summed E-state index contributed by atoms with van der Waals surface area (Å²) in [5.41, 5.74) is 8.27. The average molecular weight is 291 g/mol. The monoisotopic (exact) mass is 291 g/mol. The van der Waals surface area contributed by atoms with Crippen LogP contribution in [0.25, 0.3) is 0 Å². The second kappa shape index (κ2) is 6.24. The quantitative estimate of drug-likeness (QED) is 0.927. The summed E-state index contributed by atoms with van der Waals surface area (Å²) >= 11 is 0. The lowest BCUT2D eigenvalue weighted by Crippen LogP contribution is -2.29. The molecule has 1 fully saturated rings. The fourth-order valence-electron chi connectivity index (χ4n) is 3.39. The van der Waals surface area contributed by atoms with Gasteiger partial charge in [0.05, 0.1) is 12.7 Å². The molecule has 3 atom stereocenters. The molecule has 4 heteroatoms. The number of hydrogen-bond acceptors (Lipinski definition) is 4. The Bertz CT molecular complexity index is 503. The first-order valence-electron chi connectivity index (χ1n) is 8.00. The molecule has 2 heterocycles. The number of fused-ring (bicyclic) bond motifs is 1. The molecular weight excluding hydrogens is 266 g/mol. The van der Waals surface area contributed by atoms with Crippen LogP contribution in [-0.4, -0.2) is 25.9 Å². The van der Waals surface area contributed by atoms with Crippen molar-refractivity contribution in [3.8, 4) is 11.5 Å². The molecule has 116 valence electrons. The topological polar surface area (TPSA) is 53.7 Å². The molecule has 21 heavy (non-hydrogen) atoms. The summed E-state index contributed by atoms with van der Waals surface area (Å²) < 4.78 is 17.8. The summed E-state index contributed by atoms with van der Waals surface area (Å²) in [5.74, 6) is 2.26. The van der Waals surface area contributed by atoms with E-state index in [9.17, 15) is 0 Å². The SMILES string of the molecule is CCOc1cc2c(cc1C1OCCCC1CN)OC(C)C2. The fourth-order valence-corrected chi connectivity index (χ4v) is 3.39. The Hall–Kier alpha value is -1.26. The average Bonchev–Trinajstić information content (AvgIpc) is 2.86. The van der Waals surface area contributed by atoms with Gasteiger partial charge in [0.2, 0.25) is 0 Å². The molecule has 0 saturated carbocycles. The van der Waals surface area contributed by atoms with Gasteiger partial charge in [-0.05, 0) is 45.4 Å². The fraction of sp³-hybridized carbons (Fsp3) is 0.647. The first kappa shape index (κ1) is 14.7. The maximum atomic E-state index is 6.03. The van der Waals surface area contributed by atoms with E-state index >= 15 is 0 Å². The third kappa shape index (κ3) is 2.87. The van der Waals surface area contributed by atoms with Crippen molar-refractivity contribution < 1.29 is 14.2 Å². The van der Waals surface area contributed by atoms with Crippen LogP contribution in [0.3, 0.4) is 0 Å². The maximum absolute atomic E-state index is 6.03. The summed E-state index contributed by atoms with van der Waals surface area (Å²) in [6.07, 6.45) is 3.40. The maximum Gasteiger partial charge on any atom is 0.125 e. The molecule has 3 rings (SSSR count). The highest BCUT2D eigenvalue weighted by atomic mass is 16.5. The van der Waals surface area contributed by atoms with E-state index < -0.39 is 0 Å². The predicted molar refractivity (Wildman–Crippen MR) is 81.9 cm³/mol. The molecule has 4 nitrogen and oxygen atoms in total. The third-order valence-corrected chi connectivity index (χ3v) is 4.38. The van der Waals surface area contributed by atoms with Crippen molar-refractivity contribution in [2.45, 2.75) is 45.3 Å². The lowest BCUT2D eigenvalue weighted by Gasteiger charge is -2.32. The number of nitrogens with two attached hydrogens (primary N) is 1. The van der Waals surface area contributed by atoms with Crippen LogP contribution >= 0.6 is 0 Å². The van der Waals surface area contributed by atoms with Gasteiger partial charge in [-0.1, -0.05) is 0 Å². The Kier molecular flexibility index (Phi) is 4.36. The minimum absolute atomic E-state index is 0.0232. The van der Waals surface area contributed by atoms with Gasteiger partial charge in [-0.3, -0.25) is 0 Å². The highest BCUT2D eigenvalue weighted by Gasteiger charge is 2.31. The van der Waals surface area contributed by atoms with Gasteiger partial charge in [0.15, 0.2) is 0 Å². The van der Waals surface area contributed by atoms with Gasteiger partial charge in [-0.15, -0.1) is 0 Å². The van der Waals surface area contributed by atoms with Crippen molar-refractivity contribution in [3.63, 3.8) is 0 Å². The normalized spacial score (nSPS) is 28.0. The summed E-state index contributed by atoms with van der Waals surface area (Å²) in [4.78, 5) is 0. The predicted octanol–water partition coefficient (Wildman–Crippen LogP) is 2.84. The molecule has 0 amide bonds. The Labute approximate surface area is 126 Å². The van der Waals surface area contributed by atoms with Gasteiger partial charge in [-0.2, -0.15) is 0 Å². The van der Waals surface area contributed by atoms with Crippen molar-refractivity contribution in [1.82, 2.24) is 0 Å². The molecule has 1 saturated heterocycles. The van der Waals surface area contributed by atoms with Crippen molar-refractivity contribution in [2.75, 3.05) is 19.8 Å². The number of hydrogen-bond donors (Lipinski definition) is 1. The highest BCUT2D eigenvalue weighted by Crippen LogP contribution is 2.43. The van der Waals surface area contributed by atoms with Crippen molar-refractivity contribution in [2.24, 2.45) is 11.7 Å². The van der Waals surface area contributed by atoms with E-state index in [1.54, 1.807) is 0 Å². The lowest BCUT2D eigenvalue weighted by molar-refractivity contribution is -0.0266. The Morgan fingerprint density at radius 2 is 2.24 bits per heavy atom. The first-order valence-corrected chi connectivity index (χ1v) is 8.00. The Morgan fingerprint density at radius 3 is 3.00 bits per heavy atom. The lowest BCUT2D eigenvalue weighted by atomic mass is 9.88. The van der Waals surface area contributed by atoms with E-state index in [4.69, 9.17) is 19.9 Å². The van der Waals surface area contributed by atoms with Crippen molar-refractivity contribution >= 4 is 0 Å². The molecule has 1 aromatic carbocycles. The molecule has 1 aromatic rings. The Balaban J connectivity index is 1.97. The summed E-state index contributed by atoms with van der Waals surface area (Å²) in [6.45, 7) is 6.20. The van der Waals surface area contributed by atoms with Gasteiger partial charge in [-0.25, -0.2) is 0 Å². The third-order valence-electron chi connectivity index (χ3n) is 4.38. The largest absolute Gasteiger partial charge is 0.493 e. The molecule has 0 bridgehead atoms. The molecule has 2 N–H and O–H groups in total. The van der Waals surface area contributed by atoms with Gasteiger partial charge in [0.1, 0.15) is 17.6 Å². The van der Waals surface area contributed by atoms with E-state index in [-0.39, 0.29) is 12.2 Å². The molecule has 0 radical (unpaired) electrons. The van der Waals surface area contributed by atoms with Crippen LogP contribution < -0.4 is 15.2 Å². The van der Waals surface area contributed by atoms with Crippen LogP contribution in [-0.2, 0) is 11.2 Å². The van der Waals surface area contributed by atoms with E-state index in [1.165, 1.54) is 5.56 Å². The van der Waals surface area contributed by atoms with Crippen molar-refractivity contribution in [1.29, 1.82) is 0 Å². The summed E-state index contributed by atoms with van der Waals surface area (Å²) in [7, 11) is 0.